The van der Waals surface area contributed by atoms with Crippen LogP contribution in [0.5, 0.6) is 0 Å². The fraction of sp³-hybridized carbons (Fsp3) is 0.188. The maximum atomic E-state index is 5.50. The van der Waals surface area contributed by atoms with E-state index in [9.17, 15) is 0 Å². The van der Waals surface area contributed by atoms with E-state index >= 15 is 0 Å². The van der Waals surface area contributed by atoms with Crippen molar-refractivity contribution in [3.05, 3.63) is 60.0 Å². The molecule has 0 atom stereocenters. The highest BCUT2D eigenvalue weighted by Gasteiger charge is 2.10. The summed E-state index contributed by atoms with van der Waals surface area (Å²) in [6.45, 7) is 1.53. The van der Waals surface area contributed by atoms with E-state index in [1.54, 1.807) is 12.4 Å². The van der Waals surface area contributed by atoms with E-state index < -0.39 is 0 Å². The zero-order valence-electron chi connectivity index (χ0n) is 12.4. The standard InChI is InChI=1S/C16H18N6/c1-22(10-12-7-18-16(17)19-8-12)11-14-9-20-21-15(14)13-5-3-2-4-6-13/h2-9H,10-11H2,1H3,(H,20,21)(H2,17,18,19). The second kappa shape index (κ2) is 6.36. The highest BCUT2D eigenvalue weighted by Crippen LogP contribution is 2.21. The molecule has 6 heteroatoms. The molecular formula is C16H18N6. The second-order valence-corrected chi connectivity index (χ2v) is 5.26. The minimum atomic E-state index is 0.299. The van der Waals surface area contributed by atoms with Gasteiger partial charge in [0.15, 0.2) is 0 Å². The molecule has 0 radical (unpaired) electrons. The number of hydrogen-bond acceptors (Lipinski definition) is 5. The number of nitrogen functional groups attached to an aromatic ring is 1. The fourth-order valence-electron chi connectivity index (χ4n) is 2.39. The minimum Gasteiger partial charge on any atom is -0.368 e. The van der Waals surface area contributed by atoms with Gasteiger partial charge < -0.3 is 5.73 Å². The molecule has 112 valence electrons. The second-order valence-electron chi connectivity index (χ2n) is 5.26. The number of aromatic nitrogens is 4. The van der Waals surface area contributed by atoms with E-state index in [1.165, 1.54) is 0 Å². The number of nitrogens with two attached hydrogens (primary N) is 1. The van der Waals surface area contributed by atoms with Gasteiger partial charge in [-0.2, -0.15) is 5.10 Å². The first-order valence-corrected chi connectivity index (χ1v) is 7.05. The average molecular weight is 294 g/mol. The highest BCUT2D eigenvalue weighted by atomic mass is 15.1. The van der Waals surface area contributed by atoms with Gasteiger partial charge >= 0.3 is 0 Å². The number of anilines is 1. The predicted molar refractivity (Wildman–Crippen MR) is 85.6 cm³/mol. The van der Waals surface area contributed by atoms with E-state index in [-0.39, 0.29) is 0 Å². The Morgan fingerprint density at radius 3 is 2.50 bits per heavy atom. The molecule has 22 heavy (non-hydrogen) atoms. The monoisotopic (exact) mass is 294 g/mol. The van der Waals surface area contributed by atoms with Crippen molar-refractivity contribution in [3.63, 3.8) is 0 Å². The molecule has 2 aromatic heterocycles. The molecule has 0 aliphatic rings. The number of rotatable bonds is 5. The molecule has 0 saturated heterocycles. The maximum absolute atomic E-state index is 5.50. The lowest BCUT2D eigenvalue weighted by molar-refractivity contribution is 0.319. The van der Waals surface area contributed by atoms with Crippen molar-refractivity contribution in [2.75, 3.05) is 12.8 Å². The van der Waals surface area contributed by atoms with Gasteiger partial charge in [-0.15, -0.1) is 0 Å². The van der Waals surface area contributed by atoms with Gasteiger partial charge in [-0.05, 0) is 12.6 Å². The third kappa shape index (κ3) is 3.29. The highest BCUT2D eigenvalue weighted by molar-refractivity contribution is 5.62. The molecule has 2 heterocycles. The van der Waals surface area contributed by atoms with Crippen LogP contribution < -0.4 is 5.73 Å². The lowest BCUT2D eigenvalue weighted by Crippen LogP contribution is -2.17. The molecule has 6 nitrogen and oxygen atoms in total. The smallest absolute Gasteiger partial charge is 0.219 e. The van der Waals surface area contributed by atoms with Gasteiger partial charge in [0.25, 0.3) is 0 Å². The fourth-order valence-corrected chi connectivity index (χ4v) is 2.39. The normalized spacial score (nSPS) is 11.0. The molecule has 3 aromatic rings. The molecular weight excluding hydrogens is 276 g/mol. The Kier molecular flexibility index (Phi) is 4.11. The van der Waals surface area contributed by atoms with Gasteiger partial charge in [0.05, 0.1) is 11.9 Å². The van der Waals surface area contributed by atoms with Gasteiger partial charge in [0, 0.05) is 36.6 Å². The Bertz CT molecular complexity index is 720. The number of nitrogens with one attached hydrogen (secondary N) is 1. The van der Waals surface area contributed by atoms with Crippen molar-refractivity contribution in [2.24, 2.45) is 0 Å². The summed E-state index contributed by atoms with van der Waals surface area (Å²) in [5.74, 6) is 0.299. The zero-order valence-corrected chi connectivity index (χ0v) is 12.4. The summed E-state index contributed by atoms with van der Waals surface area (Å²) in [5.41, 5.74) is 9.88. The Hall–Kier alpha value is -2.73. The molecule has 3 N–H and O–H groups in total. The van der Waals surface area contributed by atoms with Crippen molar-refractivity contribution in [1.29, 1.82) is 0 Å². The zero-order chi connectivity index (χ0) is 15.4. The predicted octanol–water partition coefficient (Wildman–Crippen LogP) is 2.08. The summed E-state index contributed by atoms with van der Waals surface area (Å²) in [6.07, 6.45) is 5.39. The molecule has 3 rings (SSSR count). The van der Waals surface area contributed by atoms with E-state index in [0.717, 1.165) is 35.5 Å². The molecule has 1 aromatic carbocycles. The summed E-state index contributed by atoms with van der Waals surface area (Å²) in [4.78, 5) is 10.2. The first-order valence-electron chi connectivity index (χ1n) is 7.05. The Labute approximate surface area is 129 Å². The van der Waals surface area contributed by atoms with Gasteiger partial charge in [-0.1, -0.05) is 30.3 Å². The molecule has 0 unspecified atom stereocenters. The quantitative estimate of drug-likeness (QED) is 0.752. The summed E-state index contributed by atoms with van der Waals surface area (Å²) < 4.78 is 0. The van der Waals surface area contributed by atoms with Crippen LogP contribution in [0.15, 0.2) is 48.9 Å². The molecule has 0 fully saturated rings. The van der Waals surface area contributed by atoms with E-state index in [1.807, 2.05) is 24.4 Å². The Morgan fingerprint density at radius 2 is 1.77 bits per heavy atom. The third-order valence-electron chi connectivity index (χ3n) is 3.40. The van der Waals surface area contributed by atoms with Crippen molar-refractivity contribution in [1.82, 2.24) is 25.1 Å². The van der Waals surface area contributed by atoms with Gasteiger partial charge in [0.1, 0.15) is 0 Å². The molecule has 0 bridgehead atoms. The van der Waals surface area contributed by atoms with Gasteiger partial charge in [-0.3, -0.25) is 10.00 Å². The Balaban J connectivity index is 1.71. The number of nitrogens with zero attached hydrogens (tertiary/aromatic N) is 4. The number of H-pyrrole nitrogens is 1. The van der Waals surface area contributed by atoms with E-state index in [0.29, 0.717) is 5.95 Å². The summed E-state index contributed by atoms with van der Waals surface area (Å²) in [6, 6.07) is 10.2. The van der Waals surface area contributed by atoms with Crippen molar-refractivity contribution >= 4 is 5.95 Å². The maximum Gasteiger partial charge on any atom is 0.219 e. The topological polar surface area (TPSA) is 83.7 Å². The van der Waals surface area contributed by atoms with Crippen LogP contribution >= 0.6 is 0 Å². The number of aromatic amines is 1. The lowest BCUT2D eigenvalue weighted by Gasteiger charge is -2.16. The van der Waals surface area contributed by atoms with E-state index in [4.69, 9.17) is 5.73 Å². The van der Waals surface area contributed by atoms with Gasteiger partial charge in [-0.25, -0.2) is 9.97 Å². The Morgan fingerprint density at radius 1 is 1.05 bits per heavy atom. The van der Waals surface area contributed by atoms with Crippen LogP contribution in [-0.4, -0.2) is 32.1 Å². The molecule has 0 spiro atoms. The van der Waals surface area contributed by atoms with Gasteiger partial charge in [0.2, 0.25) is 5.95 Å². The molecule has 0 amide bonds. The number of benzene rings is 1. The van der Waals surface area contributed by atoms with Crippen molar-refractivity contribution < 1.29 is 0 Å². The largest absolute Gasteiger partial charge is 0.368 e. The van der Waals surface area contributed by atoms with Crippen molar-refractivity contribution in [3.8, 4) is 11.3 Å². The van der Waals surface area contributed by atoms with Crippen LogP contribution in [0, 0.1) is 0 Å². The first-order chi connectivity index (χ1) is 10.7. The van der Waals surface area contributed by atoms with E-state index in [2.05, 4.69) is 44.2 Å². The minimum absolute atomic E-state index is 0.299. The first kappa shape index (κ1) is 14.2. The van der Waals surface area contributed by atoms with Crippen LogP contribution in [0.25, 0.3) is 11.3 Å². The van der Waals surface area contributed by atoms with Crippen LogP contribution in [0.4, 0.5) is 5.95 Å². The third-order valence-corrected chi connectivity index (χ3v) is 3.40. The summed E-state index contributed by atoms with van der Waals surface area (Å²) in [7, 11) is 2.05. The SMILES string of the molecule is CN(Cc1cnc(N)nc1)Cc1cn[nH]c1-c1ccccc1. The van der Waals surface area contributed by atoms with Crippen LogP contribution in [0.3, 0.4) is 0 Å². The molecule has 0 saturated carbocycles. The average Bonchev–Trinajstić information content (AvgIpc) is 2.98. The van der Waals surface area contributed by atoms with Crippen molar-refractivity contribution in [2.45, 2.75) is 13.1 Å². The summed E-state index contributed by atoms with van der Waals surface area (Å²) in [5, 5.41) is 7.26. The van der Waals surface area contributed by atoms with Crippen LogP contribution in [-0.2, 0) is 13.1 Å². The summed E-state index contributed by atoms with van der Waals surface area (Å²) >= 11 is 0. The molecule has 0 aliphatic heterocycles. The number of hydrogen-bond donors (Lipinski definition) is 2. The lowest BCUT2D eigenvalue weighted by atomic mass is 10.1. The molecule has 0 aliphatic carbocycles. The van der Waals surface area contributed by atoms with Crippen LogP contribution in [0.2, 0.25) is 0 Å². The van der Waals surface area contributed by atoms with Crippen LogP contribution in [0.1, 0.15) is 11.1 Å².